The Labute approximate surface area is 277 Å². The molecule has 1 atom stereocenters. The molecule has 6 heterocycles. The minimum absolute atomic E-state index is 0.299. The van der Waals surface area contributed by atoms with Gasteiger partial charge in [-0.25, -0.2) is 4.98 Å². The standard InChI is InChI=1S/C36H20N2S6/c1-3-7-19(8-4-1)33-37-35-29(43-33)17-25(41-35)21-11-13-23-27(15-21)39-32-24-14-12-22(16-28(24)40-31(23)32)26-18-30-36(42-26)38-34(44-30)20-9-5-2-6-10-20/h1-18,33,37H. The summed E-state index contributed by atoms with van der Waals surface area (Å²) in [5.74, 6) is 0. The van der Waals surface area contributed by atoms with Gasteiger partial charge < -0.3 is 5.32 Å². The van der Waals surface area contributed by atoms with Gasteiger partial charge in [0.2, 0.25) is 0 Å². The Morgan fingerprint density at radius 1 is 0.545 bits per heavy atom. The molecule has 10 rings (SSSR count). The Bertz CT molecular complexity index is 2460. The predicted octanol–water partition coefficient (Wildman–Crippen LogP) is 13.2. The van der Waals surface area contributed by atoms with Crippen molar-refractivity contribution in [3.63, 3.8) is 0 Å². The van der Waals surface area contributed by atoms with Gasteiger partial charge in [-0.15, -0.1) is 56.7 Å². The molecule has 0 saturated carbocycles. The molecule has 1 N–H and O–H groups in total. The van der Waals surface area contributed by atoms with Crippen LogP contribution >= 0.6 is 68.4 Å². The Morgan fingerprint density at radius 2 is 1.20 bits per heavy atom. The van der Waals surface area contributed by atoms with Crippen LogP contribution in [0, 0.1) is 0 Å². The third-order valence-corrected chi connectivity index (χ3v) is 15.3. The van der Waals surface area contributed by atoms with E-state index in [9.17, 15) is 0 Å². The fraction of sp³-hybridized carbons (Fsp3) is 0.0278. The van der Waals surface area contributed by atoms with E-state index in [1.807, 2.05) is 45.8 Å². The first kappa shape index (κ1) is 25.8. The summed E-state index contributed by atoms with van der Waals surface area (Å²) in [4.78, 5) is 10.0. The first-order valence-electron chi connectivity index (χ1n) is 14.2. The van der Waals surface area contributed by atoms with Crippen LogP contribution in [-0.2, 0) is 0 Å². The fourth-order valence-electron chi connectivity index (χ4n) is 5.90. The molecule has 9 aromatic rings. The van der Waals surface area contributed by atoms with Gasteiger partial charge in [0.25, 0.3) is 0 Å². The van der Waals surface area contributed by atoms with Crippen LogP contribution in [0.5, 0.6) is 0 Å². The third-order valence-electron chi connectivity index (χ3n) is 8.07. The number of anilines is 1. The number of nitrogens with one attached hydrogen (secondary N) is 1. The molecule has 1 aliphatic rings. The van der Waals surface area contributed by atoms with Crippen LogP contribution in [0.4, 0.5) is 5.00 Å². The van der Waals surface area contributed by atoms with Crippen LogP contribution in [0.25, 0.3) is 70.6 Å². The lowest BCUT2D eigenvalue weighted by Gasteiger charge is -2.10. The summed E-state index contributed by atoms with van der Waals surface area (Å²) < 4.78 is 6.79. The molecule has 1 unspecified atom stereocenters. The maximum atomic E-state index is 4.95. The molecule has 0 aliphatic carbocycles. The van der Waals surface area contributed by atoms with Crippen LogP contribution in [0.1, 0.15) is 10.9 Å². The van der Waals surface area contributed by atoms with Crippen LogP contribution in [0.3, 0.4) is 0 Å². The van der Waals surface area contributed by atoms with Gasteiger partial charge in [-0.2, -0.15) is 0 Å². The van der Waals surface area contributed by atoms with E-state index in [-0.39, 0.29) is 0 Å². The number of hydrogen-bond acceptors (Lipinski definition) is 8. The van der Waals surface area contributed by atoms with Crippen molar-refractivity contribution < 1.29 is 0 Å². The van der Waals surface area contributed by atoms with Crippen LogP contribution in [0.15, 0.2) is 114 Å². The van der Waals surface area contributed by atoms with Gasteiger partial charge in [0.05, 0.1) is 14.1 Å². The lowest BCUT2D eigenvalue weighted by Crippen LogP contribution is -1.99. The molecule has 44 heavy (non-hydrogen) atoms. The molecule has 1 aliphatic heterocycles. The van der Waals surface area contributed by atoms with Crippen molar-refractivity contribution >= 4 is 113 Å². The summed E-state index contributed by atoms with van der Waals surface area (Å²) in [6.45, 7) is 0. The highest BCUT2D eigenvalue weighted by atomic mass is 32.2. The van der Waals surface area contributed by atoms with Gasteiger partial charge in [0, 0.05) is 40.4 Å². The first-order chi connectivity index (χ1) is 21.7. The minimum atomic E-state index is 0.299. The number of rotatable bonds is 4. The number of nitrogens with zero attached hydrogens (tertiary/aromatic N) is 1. The normalized spacial score (nSPS) is 14.7. The average Bonchev–Trinajstić information content (AvgIpc) is 3.89. The largest absolute Gasteiger partial charge is 0.360 e. The smallest absolute Gasteiger partial charge is 0.135 e. The molecule has 0 spiro atoms. The van der Waals surface area contributed by atoms with Crippen molar-refractivity contribution in [3.05, 3.63) is 115 Å². The number of thiophene rings is 4. The van der Waals surface area contributed by atoms with E-state index in [2.05, 4.69) is 115 Å². The molecule has 210 valence electrons. The Balaban J connectivity index is 0.957. The van der Waals surface area contributed by atoms with Gasteiger partial charge >= 0.3 is 0 Å². The zero-order valence-corrected chi connectivity index (χ0v) is 27.8. The second-order valence-corrected chi connectivity index (χ2v) is 17.2. The molecule has 0 radical (unpaired) electrons. The third kappa shape index (κ3) is 4.13. The molecule has 4 aromatic carbocycles. The summed E-state index contributed by atoms with van der Waals surface area (Å²) >= 11 is 11.2. The summed E-state index contributed by atoms with van der Waals surface area (Å²) in [6, 6.07) is 39.9. The molecule has 2 nitrogen and oxygen atoms in total. The zero-order valence-electron chi connectivity index (χ0n) is 22.9. The van der Waals surface area contributed by atoms with Gasteiger partial charge in [-0.1, -0.05) is 96.7 Å². The lowest BCUT2D eigenvalue weighted by atomic mass is 10.1. The van der Waals surface area contributed by atoms with E-state index >= 15 is 0 Å². The van der Waals surface area contributed by atoms with Gasteiger partial charge in [0.15, 0.2) is 0 Å². The highest BCUT2D eigenvalue weighted by Crippen LogP contribution is 2.53. The summed E-state index contributed by atoms with van der Waals surface area (Å²) in [5.41, 5.74) is 5.10. The van der Waals surface area contributed by atoms with E-state index < -0.39 is 0 Å². The van der Waals surface area contributed by atoms with Crippen molar-refractivity contribution in [2.75, 3.05) is 5.32 Å². The highest BCUT2D eigenvalue weighted by molar-refractivity contribution is 8.00. The minimum Gasteiger partial charge on any atom is -0.360 e. The Kier molecular flexibility index (Phi) is 5.86. The predicted molar refractivity (Wildman–Crippen MR) is 199 cm³/mol. The monoisotopic (exact) mass is 672 g/mol. The number of hydrogen-bond donors (Lipinski definition) is 1. The molecule has 5 aromatic heterocycles. The molecule has 0 fully saturated rings. The van der Waals surface area contributed by atoms with E-state index in [1.165, 1.54) is 76.2 Å². The maximum absolute atomic E-state index is 4.95. The molecular weight excluding hydrogens is 653 g/mol. The SMILES string of the molecule is c1ccc(-c2nc3sc(-c4ccc5c(c4)sc4c6ccc(-c7cc8c(s7)NC(c7ccccc7)S8)cc6sc54)cc3s2)cc1. The van der Waals surface area contributed by atoms with Crippen LogP contribution < -0.4 is 5.32 Å². The number of aromatic nitrogens is 1. The topological polar surface area (TPSA) is 24.9 Å². The van der Waals surface area contributed by atoms with E-state index in [0.29, 0.717) is 5.37 Å². The van der Waals surface area contributed by atoms with Gasteiger partial charge in [-0.05, 0) is 41.0 Å². The van der Waals surface area contributed by atoms with Crippen LogP contribution in [-0.4, -0.2) is 4.98 Å². The van der Waals surface area contributed by atoms with Crippen molar-refractivity contribution in [2.45, 2.75) is 10.3 Å². The van der Waals surface area contributed by atoms with Gasteiger partial charge in [0.1, 0.15) is 20.2 Å². The second kappa shape index (κ2) is 10.0. The van der Waals surface area contributed by atoms with Crippen molar-refractivity contribution in [1.29, 1.82) is 0 Å². The molecular formula is C36H20N2S6. The fourth-order valence-corrected chi connectivity index (χ4v) is 13.3. The Morgan fingerprint density at radius 3 is 1.86 bits per heavy atom. The summed E-state index contributed by atoms with van der Waals surface area (Å²) in [7, 11) is 0. The molecule has 0 bridgehead atoms. The van der Waals surface area contributed by atoms with Crippen molar-refractivity contribution in [1.82, 2.24) is 4.98 Å². The first-order valence-corrected chi connectivity index (χ1v) is 19.2. The van der Waals surface area contributed by atoms with E-state index in [0.717, 1.165) is 9.84 Å². The number of benzene rings is 4. The summed E-state index contributed by atoms with van der Waals surface area (Å²) in [6.07, 6.45) is 0. The van der Waals surface area contributed by atoms with E-state index in [1.54, 1.807) is 22.7 Å². The molecule has 0 saturated heterocycles. The second-order valence-electron chi connectivity index (χ2n) is 10.8. The Hall–Kier alpha value is -3.50. The number of thiazole rings is 1. The highest BCUT2D eigenvalue weighted by Gasteiger charge is 2.26. The van der Waals surface area contributed by atoms with Crippen LogP contribution in [0.2, 0.25) is 0 Å². The van der Waals surface area contributed by atoms with Crippen molar-refractivity contribution in [2.24, 2.45) is 0 Å². The maximum Gasteiger partial charge on any atom is 0.135 e. The molecule has 0 amide bonds. The lowest BCUT2D eigenvalue weighted by molar-refractivity contribution is 1.14. The zero-order chi connectivity index (χ0) is 28.8. The molecule has 8 heteroatoms. The summed E-state index contributed by atoms with van der Waals surface area (Å²) in [5, 5.41) is 9.14. The number of thioether (sulfide) groups is 1. The quantitative estimate of drug-likeness (QED) is 0.201. The van der Waals surface area contributed by atoms with Crippen molar-refractivity contribution in [3.8, 4) is 31.5 Å². The van der Waals surface area contributed by atoms with Gasteiger partial charge in [-0.3, -0.25) is 0 Å². The average molecular weight is 673 g/mol. The van der Waals surface area contributed by atoms with E-state index in [4.69, 9.17) is 4.98 Å². The number of fused-ring (bicyclic) bond motifs is 7.